The molecule has 0 aromatic heterocycles. The van der Waals surface area contributed by atoms with Crippen molar-refractivity contribution in [1.82, 2.24) is 4.90 Å². The van der Waals surface area contributed by atoms with Gasteiger partial charge in [-0.3, -0.25) is 4.90 Å². The molecule has 0 bridgehead atoms. The molecule has 3 aromatic carbocycles. The summed E-state index contributed by atoms with van der Waals surface area (Å²) in [4.78, 5) is 26.0. The fourth-order valence-electron chi connectivity index (χ4n) is 4.41. The second kappa shape index (κ2) is 9.27. The first-order valence-corrected chi connectivity index (χ1v) is 10.9. The maximum Gasteiger partial charge on any atom is 0.410 e. The molecule has 0 saturated carbocycles. The smallest absolute Gasteiger partial charge is 0.410 e. The number of carbonyl (C=O) groups excluding carboxylic acids is 1. The van der Waals surface area contributed by atoms with Crippen LogP contribution in [0.25, 0.3) is 11.1 Å². The molecule has 1 amide bonds. The molecule has 5 heteroatoms. The van der Waals surface area contributed by atoms with E-state index in [-0.39, 0.29) is 18.9 Å². The molecule has 5 nitrogen and oxygen atoms in total. The molecule has 1 atom stereocenters. The second-order valence-corrected chi connectivity index (χ2v) is 8.15. The van der Waals surface area contributed by atoms with Gasteiger partial charge in [0.25, 0.3) is 0 Å². The van der Waals surface area contributed by atoms with Crippen molar-refractivity contribution in [3.8, 4) is 11.1 Å². The molecule has 0 saturated heterocycles. The first-order chi connectivity index (χ1) is 15.5. The number of ether oxygens (including phenoxy) is 1. The molecule has 0 aliphatic heterocycles. The Morgan fingerprint density at radius 3 is 2.12 bits per heavy atom. The Balaban J connectivity index is 1.47. The molecule has 1 N–H and O–H groups in total. The normalized spacial score (nSPS) is 13.2. The predicted molar refractivity (Wildman–Crippen MR) is 124 cm³/mol. The van der Waals surface area contributed by atoms with Gasteiger partial charge in [-0.1, -0.05) is 79.7 Å². The number of likely N-dealkylation sites (N-methyl/N-ethyl adjacent to an activating group) is 1. The Hall–Kier alpha value is -3.60. The summed E-state index contributed by atoms with van der Waals surface area (Å²) in [6.45, 7) is 2.21. The molecule has 1 aliphatic rings. The minimum atomic E-state index is -1.05. The van der Waals surface area contributed by atoms with Crippen molar-refractivity contribution < 1.29 is 19.4 Å². The first kappa shape index (κ1) is 21.6. The molecular formula is C27H27NO4. The van der Waals surface area contributed by atoms with E-state index in [9.17, 15) is 14.7 Å². The highest BCUT2D eigenvalue weighted by Crippen LogP contribution is 2.44. The Labute approximate surface area is 188 Å². The van der Waals surface area contributed by atoms with Crippen LogP contribution in [0.1, 0.15) is 35.1 Å². The summed E-state index contributed by atoms with van der Waals surface area (Å²) in [5.74, 6) is -1.12. The van der Waals surface area contributed by atoms with Crippen LogP contribution >= 0.6 is 0 Å². The Morgan fingerprint density at radius 1 is 0.938 bits per heavy atom. The van der Waals surface area contributed by atoms with Gasteiger partial charge >= 0.3 is 12.1 Å². The zero-order valence-corrected chi connectivity index (χ0v) is 18.3. The topological polar surface area (TPSA) is 66.8 Å². The van der Waals surface area contributed by atoms with Crippen molar-refractivity contribution in [3.63, 3.8) is 0 Å². The third-order valence-electron chi connectivity index (χ3n) is 6.21. The predicted octanol–water partition coefficient (Wildman–Crippen LogP) is 5.13. The highest BCUT2D eigenvalue weighted by Gasteiger charge is 2.32. The molecule has 0 radical (unpaired) electrons. The maximum absolute atomic E-state index is 12.8. The van der Waals surface area contributed by atoms with Gasteiger partial charge in [-0.05, 0) is 39.8 Å². The van der Waals surface area contributed by atoms with E-state index in [0.29, 0.717) is 0 Å². The zero-order valence-electron chi connectivity index (χ0n) is 18.3. The molecule has 0 fully saturated rings. The van der Waals surface area contributed by atoms with E-state index in [4.69, 9.17) is 4.74 Å². The SMILES string of the molecule is CCc1cccc(CC(C(=O)O)N(C)C(=O)OCC2c3ccccc3-c3ccccc32)c1. The molecule has 4 rings (SSSR count). The number of hydrogen-bond donors (Lipinski definition) is 1. The number of fused-ring (bicyclic) bond motifs is 3. The summed E-state index contributed by atoms with van der Waals surface area (Å²) in [5.41, 5.74) is 6.56. The van der Waals surface area contributed by atoms with E-state index >= 15 is 0 Å². The lowest BCUT2D eigenvalue weighted by atomic mass is 9.98. The monoisotopic (exact) mass is 429 g/mol. The van der Waals surface area contributed by atoms with E-state index < -0.39 is 18.1 Å². The lowest BCUT2D eigenvalue weighted by Crippen LogP contribution is -2.44. The van der Waals surface area contributed by atoms with Gasteiger partial charge in [0.1, 0.15) is 12.6 Å². The standard InChI is InChI=1S/C27H27NO4/c1-3-18-9-8-10-19(15-18)16-25(26(29)30)28(2)27(31)32-17-24-22-13-6-4-11-20(22)21-12-5-7-14-23(21)24/h4-15,24-25H,3,16-17H2,1-2H3,(H,29,30). The van der Waals surface area contributed by atoms with Crippen molar-refractivity contribution in [1.29, 1.82) is 0 Å². The van der Waals surface area contributed by atoms with Crippen molar-refractivity contribution in [2.75, 3.05) is 13.7 Å². The van der Waals surface area contributed by atoms with Crippen LogP contribution in [0.5, 0.6) is 0 Å². The van der Waals surface area contributed by atoms with Gasteiger partial charge in [-0.15, -0.1) is 0 Å². The van der Waals surface area contributed by atoms with Gasteiger partial charge in [-0.25, -0.2) is 9.59 Å². The van der Waals surface area contributed by atoms with Crippen molar-refractivity contribution in [2.45, 2.75) is 31.7 Å². The Bertz CT molecular complexity index is 1090. The number of benzene rings is 3. The van der Waals surface area contributed by atoms with Gasteiger partial charge in [0.15, 0.2) is 0 Å². The third-order valence-corrected chi connectivity index (χ3v) is 6.21. The molecule has 1 aliphatic carbocycles. The highest BCUT2D eigenvalue weighted by molar-refractivity contribution is 5.81. The van der Waals surface area contributed by atoms with E-state index in [1.165, 1.54) is 11.9 Å². The quantitative estimate of drug-likeness (QED) is 0.566. The van der Waals surface area contributed by atoms with Crippen LogP contribution in [0.3, 0.4) is 0 Å². The van der Waals surface area contributed by atoms with E-state index in [1.54, 1.807) is 0 Å². The minimum absolute atomic E-state index is 0.0655. The van der Waals surface area contributed by atoms with Crippen molar-refractivity contribution in [2.24, 2.45) is 0 Å². The fraction of sp³-hybridized carbons (Fsp3) is 0.259. The van der Waals surface area contributed by atoms with E-state index in [0.717, 1.165) is 39.8 Å². The third kappa shape index (κ3) is 4.24. The largest absolute Gasteiger partial charge is 0.480 e. The summed E-state index contributed by atoms with van der Waals surface area (Å²) in [6, 6.07) is 23.0. The van der Waals surface area contributed by atoms with E-state index in [2.05, 4.69) is 31.2 Å². The van der Waals surface area contributed by atoms with Crippen LogP contribution in [0, 0.1) is 0 Å². The molecule has 1 unspecified atom stereocenters. The van der Waals surface area contributed by atoms with Gasteiger partial charge < -0.3 is 9.84 Å². The lowest BCUT2D eigenvalue weighted by molar-refractivity contribution is -0.142. The average Bonchev–Trinajstić information content (AvgIpc) is 3.14. The number of hydrogen-bond acceptors (Lipinski definition) is 3. The zero-order chi connectivity index (χ0) is 22.7. The number of nitrogens with zero attached hydrogens (tertiary/aromatic N) is 1. The number of aliphatic carboxylic acids is 1. The van der Waals surface area contributed by atoms with Crippen molar-refractivity contribution >= 4 is 12.1 Å². The van der Waals surface area contributed by atoms with Gasteiger partial charge in [-0.2, -0.15) is 0 Å². The van der Waals surface area contributed by atoms with Gasteiger partial charge in [0, 0.05) is 19.4 Å². The molecule has 0 heterocycles. The Morgan fingerprint density at radius 2 is 1.53 bits per heavy atom. The molecule has 32 heavy (non-hydrogen) atoms. The summed E-state index contributed by atoms with van der Waals surface area (Å²) in [7, 11) is 1.49. The second-order valence-electron chi connectivity index (χ2n) is 8.15. The maximum atomic E-state index is 12.8. The minimum Gasteiger partial charge on any atom is -0.480 e. The Kier molecular flexibility index (Phi) is 6.26. The number of carboxylic acids is 1. The number of aryl methyl sites for hydroxylation is 1. The fourth-order valence-corrected chi connectivity index (χ4v) is 4.41. The number of carboxylic acid groups (broad SMARTS) is 1. The van der Waals surface area contributed by atoms with Crippen molar-refractivity contribution in [3.05, 3.63) is 95.1 Å². The van der Waals surface area contributed by atoms with Crippen LogP contribution in [-0.2, 0) is 22.4 Å². The van der Waals surface area contributed by atoms with Crippen LogP contribution in [0.4, 0.5) is 4.79 Å². The highest BCUT2D eigenvalue weighted by atomic mass is 16.6. The van der Waals surface area contributed by atoms with Crippen LogP contribution in [0.2, 0.25) is 0 Å². The number of amides is 1. The van der Waals surface area contributed by atoms with Crippen LogP contribution < -0.4 is 0 Å². The summed E-state index contributed by atoms with van der Waals surface area (Å²) in [5, 5.41) is 9.77. The first-order valence-electron chi connectivity index (χ1n) is 10.9. The molecule has 3 aromatic rings. The summed E-state index contributed by atoms with van der Waals surface area (Å²) >= 11 is 0. The summed E-state index contributed by atoms with van der Waals surface area (Å²) < 4.78 is 5.64. The molecule has 164 valence electrons. The van der Waals surface area contributed by atoms with E-state index in [1.807, 2.05) is 48.5 Å². The van der Waals surface area contributed by atoms with Crippen LogP contribution in [-0.4, -0.2) is 41.8 Å². The van der Waals surface area contributed by atoms with Gasteiger partial charge in [0.05, 0.1) is 0 Å². The number of rotatable bonds is 7. The molecule has 0 spiro atoms. The molecular weight excluding hydrogens is 402 g/mol. The number of carbonyl (C=O) groups is 2. The lowest BCUT2D eigenvalue weighted by Gasteiger charge is -2.25. The van der Waals surface area contributed by atoms with Crippen LogP contribution in [0.15, 0.2) is 72.8 Å². The average molecular weight is 430 g/mol. The van der Waals surface area contributed by atoms with Gasteiger partial charge in [0.2, 0.25) is 0 Å². The summed E-state index contributed by atoms with van der Waals surface area (Å²) in [6.07, 6.45) is 0.461.